The van der Waals surface area contributed by atoms with Crippen molar-refractivity contribution in [2.24, 2.45) is 0 Å². The number of para-hydroxylation sites is 1. The van der Waals surface area contributed by atoms with Crippen LogP contribution in [0.2, 0.25) is 0 Å². The van der Waals surface area contributed by atoms with Crippen LogP contribution in [0.4, 0.5) is 18.3 Å². The number of rotatable bonds is 6. The molecule has 0 N–H and O–H groups in total. The van der Waals surface area contributed by atoms with Gasteiger partial charge in [0.15, 0.2) is 10.9 Å². The SMILES string of the molecule is CN(C)CCN(C(=O)c1cc2ccccc2o1)c1nc2ccc(OC(F)(F)F)cc2s1. The van der Waals surface area contributed by atoms with Crippen molar-refractivity contribution in [3.63, 3.8) is 0 Å². The largest absolute Gasteiger partial charge is 0.573 e. The van der Waals surface area contributed by atoms with E-state index in [0.717, 1.165) is 16.7 Å². The predicted octanol–water partition coefficient (Wildman–Crippen LogP) is 5.15. The van der Waals surface area contributed by atoms with Gasteiger partial charge in [-0.1, -0.05) is 29.5 Å². The molecule has 31 heavy (non-hydrogen) atoms. The summed E-state index contributed by atoms with van der Waals surface area (Å²) in [6.45, 7) is 0.888. The fourth-order valence-corrected chi connectivity index (χ4v) is 4.03. The number of ether oxygens (including phenoxy) is 1. The third-order valence-corrected chi connectivity index (χ3v) is 5.51. The molecule has 0 atom stereocenters. The number of carbonyl (C=O) groups is 1. The highest BCUT2D eigenvalue weighted by Crippen LogP contribution is 2.34. The number of aromatic nitrogens is 1. The van der Waals surface area contributed by atoms with Gasteiger partial charge in [0.2, 0.25) is 0 Å². The highest BCUT2D eigenvalue weighted by molar-refractivity contribution is 7.22. The van der Waals surface area contributed by atoms with Crippen molar-refractivity contribution in [1.29, 1.82) is 0 Å². The molecule has 0 unspecified atom stereocenters. The predicted molar refractivity (Wildman–Crippen MR) is 113 cm³/mol. The van der Waals surface area contributed by atoms with E-state index < -0.39 is 6.36 Å². The summed E-state index contributed by atoms with van der Waals surface area (Å²) in [6, 6.07) is 12.9. The summed E-state index contributed by atoms with van der Waals surface area (Å²) >= 11 is 1.11. The summed E-state index contributed by atoms with van der Waals surface area (Å²) in [5.41, 5.74) is 1.07. The average Bonchev–Trinajstić information content (AvgIpc) is 3.30. The van der Waals surface area contributed by atoms with Gasteiger partial charge in [-0.25, -0.2) is 4.98 Å². The minimum Gasteiger partial charge on any atom is -0.451 e. The number of likely N-dealkylation sites (N-methyl/N-ethyl adjacent to an activating group) is 1. The maximum atomic E-state index is 13.3. The molecule has 10 heteroatoms. The third-order valence-electron chi connectivity index (χ3n) is 4.47. The molecule has 0 saturated heterocycles. The number of benzene rings is 2. The number of hydrogen-bond donors (Lipinski definition) is 0. The Hall–Kier alpha value is -3.11. The molecule has 4 rings (SSSR count). The maximum Gasteiger partial charge on any atom is 0.573 e. The number of furan rings is 1. The van der Waals surface area contributed by atoms with E-state index in [1.807, 2.05) is 37.2 Å². The first-order valence-corrected chi connectivity index (χ1v) is 10.1. The van der Waals surface area contributed by atoms with Gasteiger partial charge in [-0.3, -0.25) is 9.69 Å². The monoisotopic (exact) mass is 449 g/mol. The van der Waals surface area contributed by atoms with E-state index in [2.05, 4.69) is 9.72 Å². The molecule has 0 fully saturated rings. The van der Waals surface area contributed by atoms with Crippen molar-refractivity contribution in [3.8, 4) is 5.75 Å². The van der Waals surface area contributed by atoms with Crippen molar-refractivity contribution in [2.45, 2.75) is 6.36 Å². The molecular formula is C21H18F3N3O3S. The van der Waals surface area contributed by atoms with Gasteiger partial charge in [-0.2, -0.15) is 0 Å². The van der Waals surface area contributed by atoms with E-state index in [4.69, 9.17) is 4.42 Å². The molecule has 0 aliphatic rings. The number of thiazole rings is 1. The van der Waals surface area contributed by atoms with E-state index >= 15 is 0 Å². The number of anilines is 1. The smallest absolute Gasteiger partial charge is 0.451 e. The van der Waals surface area contributed by atoms with Crippen LogP contribution in [0.25, 0.3) is 21.2 Å². The number of amides is 1. The minimum absolute atomic E-state index is 0.167. The summed E-state index contributed by atoms with van der Waals surface area (Å²) in [5, 5.41) is 1.17. The van der Waals surface area contributed by atoms with E-state index in [0.29, 0.717) is 34.0 Å². The zero-order valence-electron chi connectivity index (χ0n) is 16.6. The van der Waals surface area contributed by atoms with Crippen LogP contribution in [0.15, 0.2) is 52.9 Å². The average molecular weight is 449 g/mol. The van der Waals surface area contributed by atoms with Crippen LogP contribution in [0.3, 0.4) is 0 Å². The molecular weight excluding hydrogens is 431 g/mol. The Bertz CT molecular complexity index is 1200. The van der Waals surface area contributed by atoms with Gasteiger partial charge in [-0.15, -0.1) is 13.2 Å². The lowest BCUT2D eigenvalue weighted by Gasteiger charge is -2.20. The number of alkyl halides is 3. The first-order chi connectivity index (χ1) is 14.7. The molecule has 0 aliphatic carbocycles. The molecule has 0 aliphatic heterocycles. The Labute approximate surface area is 179 Å². The fourth-order valence-electron chi connectivity index (χ4n) is 3.01. The van der Waals surface area contributed by atoms with Crippen LogP contribution in [0, 0.1) is 0 Å². The number of fused-ring (bicyclic) bond motifs is 2. The molecule has 0 spiro atoms. The number of nitrogens with zero attached hydrogens (tertiary/aromatic N) is 3. The van der Waals surface area contributed by atoms with Crippen molar-refractivity contribution in [3.05, 3.63) is 54.3 Å². The normalized spacial score (nSPS) is 12.1. The molecule has 6 nitrogen and oxygen atoms in total. The topological polar surface area (TPSA) is 58.8 Å². The quantitative estimate of drug-likeness (QED) is 0.408. The van der Waals surface area contributed by atoms with Crippen LogP contribution < -0.4 is 9.64 Å². The Morgan fingerprint density at radius 1 is 1.13 bits per heavy atom. The van der Waals surface area contributed by atoms with Crippen LogP contribution >= 0.6 is 11.3 Å². The second kappa shape index (κ2) is 8.20. The Kier molecular flexibility index (Phi) is 5.59. The second-order valence-corrected chi connectivity index (χ2v) is 8.09. The summed E-state index contributed by atoms with van der Waals surface area (Å²) in [5.74, 6) is -0.539. The Balaban J connectivity index is 1.69. The minimum atomic E-state index is -4.78. The molecule has 162 valence electrons. The van der Waals surface area contributed by atoms with Crippen LogP contribution in [0.5, 0.6) is 5.75 Å². The Morgan fingerprint density at radius 2 is 1.90 bits per heavy atom. The zero-order valence-corrected chi connectivity index (χ0v) is 17.5. The summed E-state index contributed by atoms with van der Waals surface area (Å²) in [4.78, 5) is 21.1. The summed E-state index contributed by atoms with van der Waals surface area (Å²) in [6.07, 6.45) is -4.78. The highest BCUT2D eigenvalue weighted by Gasteiger charge is 2.31. The third kappa shape index (κ3) is 4.80. The molecule has 4 aromatic rings. The van der Waals surface area contributed by atoms with Gasteiger partial charge in [0.1, 0.15) is 11.3 Å². The molecule has 1 amide bonds. The van der Waals surface area contributed by atoms with Crippen LogP contribution in [-0.2, 0) is 0 Å². The van der Waals surface area contributed by atoms with Gasteiger partial charge < -0.3 is 14.1 Å². The van der Waals surface area contributed by atoms with Gasteiger partial charge in [0, 0.05) is 24.5 Å². The molecule has 0 radical (unpaired) electrons. The van der Waals surface area contributed by atoms with Crippen molar-refractivity contribution >= 4 is 43.6 Å². The van der Waals surface area contributed by atoms with Gasteiger partial charge in [-0.05, 0) is 38.4 Å². The lowest BCUT2D eigenvalue weighted by Crippen LogP contribution is -2.36. The Morgan fingerprint density at radius 3 is 2.61 bits per heavy atom. The molecule has 2 aromatic carbocycles. The molecule has 0 saturated carbocycles. The molecule has 2 aromatic heterocycles. The second-order valence-electron chi connectivity index (χ2n) is 7.08. The zero-order chi connectivity index (χ0) is 22.2. The molecule has 0 bridgehead atoms. The molecule has 2 heterocycles. The first-order valence-electron chi connectivity index (χ1n) is 9.31. The van der Waals surface area contributed by atoms with E-state index in [1.54, 1.807) is 12.1 Å². The summed E-state index contributed by atoms with van der Waals surface area (Å²) < 4.78 is 47.8. The van der Waals surface area contributed by atoms with E-state index in [9.17, 15) is 18.0 Å². The first kappa shape index (κ1) is 21.1. The van der Waals surface area contributed by atoms with Crippen LogP contribution in [0.1, 0.15) is 10.6 Å². The maximum absolute atomic E-state index is 13.3. The number of hydrogen-bond acceptors (Lipinski definition) is 6. The number of carbonyl (C=O) groups excluding carboxylic acids is 1. The van der Waals surface area contributed by atoms with Gasteiger partial charge in [0.25, 0.3) is 5.91 Å². The van der Waals surface area contributed by atoms with E-state index in [1.165, 1.54) is 23.1 Å². The summed E-state index contributed by atoms with van der Waals surface area (Å²) in [7, 11) is 3.76. The van der Waals surface area contributed by atoms with Crippen molar-refractivity contribution in [2.75, 3.05) is 32.1 Å². The van der Waals surface area contributed by atoms with Crippen molar-refractivity contribution < 1.29 is 27.1 Å². The number of halogens is 3. The van der Waals surface area contributed by atoms with E-state index in [-0.39, 0.29) is 17.4 Å². The van der Waals surface area contributed by atoms with Crippen LogP contribution in [-0.4, -0.2) is 49.3 Å². The lowest BCUT2D eigenvalue weighted by molar-refractivity contribution is -0.274. The van der Waals surface area contributed by atoms with Gasteiger partial charge >= 0.3 is 6.36 Å². The standard InChI is InChI=1S/C21H18F3N3O3S/c1-26(2)9-10-27(19(28)17-11-13-5-3-4-6-16(13)29-17)20-25-15-8-7-14(12-18(15)31-20)30-21(22,23)24/h3-8,11-12H,9-10H2,1-2H3. The highest BCUT2D eigenvalue weighted by atomic mass is 32.1. The lowest BCUT2D eigenvalue weighted by atomic mass is 10.2. The fraction of sp³-hybridized carbons (Fsp3) is 0.238. The van der Waals surface area contributed by atoms with Crippen molar-refractivity contribution in [1.82, 2.24) is 9.88 Å². The van der Waals surface area contributed by atoms with Gasteiger partial charge in [0.05, 0.1) is 10.2 Å².